The van der Waals surface area contributed by atoms with Crippen molar-refractivity contribution in [2.24, 2.45) is 11.7 Å². The first-order valence-corrected chi connectivity index (χ1v) is 8.12. The van der Waals surface area contributed by atoms with Crippen LogP contribution in [0.3, 0.4) is 0 Å². The first-order valence-electron chi connectivity index (χ1n) is 8.12. The minimum atomic E-state index is -0.0307. The molecule has 0 fully saturated rings. The summed E-state index contributed by atoms with van der Waals surface area (Å²) >= 11 is 0. The van der Waals surface area contributed by atoms with Gasteiger partial charge in [0.2, 0.25) is 0 Å². The maximum absolute atomic E-state index is 6.27. The van der Waals surface area contributed by atoms with Crippen LogP contribution in [-0.2, 0) is 12.0 Å². The number of nitrogens with zero attached hydrogens (tertiary/aromatic N) is 1. The first-order chi connectivity index (χ1) is 10.0. The summed E-state index contributed by atoms with van der Waals surface area (Å²) < 4.78 is 5.44. The van der Waals surface area contributed by atoms with Crippen LogP contribution in [0, 0.1) is 5.92 Å². The molecule has 0 saturated heterocycles. The number of aryl methyl sites for hydroxylation is 1. The molecule has 21 heavy (non-hydrogen) atoms. The second kappa shape index (κ2) is 6.80. The minimum absolute atomic E-state index is 0.0307. The molecule has 1 aliphatic rings. The van der Waals surface area contributed by atoms with Crippen LogP contribution >= 0.6 is 0 Å². The van der Waals surface area contributed by atoms with E-state index >= 15 is 0 Å². The van der Waals surface area contributed by atoms with Crippen molar-refractivity contribution in [2.75, 3.05) is 27.2 Å². The third-order valence-corrected chi connectivity index (χ3v) is 4.97. The van der Waals surface area contributed by atoms with Crippen molar-refractivity contribution in [1.29, 1.82) is 0 Å². The van der Waals surface area contributed by atoms with E-state index in [1.54, 1.807) is 7.11 Å². The molecule has 1 unspecified atom stereocenters. The van der Waals surface area contributed by atoms with Gasteiger partial charge in [-0.15, -0.1) is 0 Å². The standard InChI is InChI=1S/C18H30N2O/c1-14(2)9-11-20(3)18(13-19)10-5-6-15-7-8-16(21-4)12-17(15)18/h7-8,12,14H,5-6,9-11,13,19H2,1-4H3. The summed E-state index contributed by atoms with van der Waals surface area (Å²) in [4.78, 5) is 2.48. The summed E-state index contributed by atoms with van der Waals surface area (Å²) in [6.45, 7) is 6.31. The monoisotopic (exact) mass is 290 g/mol. The summed E-state index contributed by atoms with van der Waals surface area (Å²) in [5.41, 5.74) is 9.05. The molecule has 0 heterocycles. The van der Waals surface area contributed by atoms with E-state index in [0.717, 1.165) is 31.1 Å². The molecule has 0 amide bonds. The lowest BCUT2D eigenvalue weighted by Gasteiger charge is -2.45. The number of benzene rings is 1. The molecule has 1 atom stereocenters. The number of methoxy groups -OCH3 is 1. The fourth-order valence-corrected chi connectivity index (χ4v) is 3.47. The third-order valence-electron chi connectivity index (χ3n) is 4.97. The molecule has 1 aromatic carbocycles. The highest BCUT2D eigenvalue weighted by atomic mass is 16.5. The number of hydrogen-bond donors (Lipinski definition) is 1. The second-order valence-corrected chi connectivity index (χ2v) is 6.72. The van der Waals surface area contributed by atoms with Crippen LogP contribution in [0.15, 0.2) is 18.2 Å². The quantitative estimate of drug-likeness (QED) is 0.874. The predicted octanol–water partition coefficient (Wildman–Crippen LogP) is 3.16. The third kappa shape index (κ3) is 3.24. The molecule has 0 radical (unpaired) electrons. The van der Waals surface area contributed by atoms with Gasteiger partial charge in [-0.3, -0.25) is 4.90 Å². The summed E-state index contributed by atoms with van der Waals surface area (Å²) in [7, 11) is 3.96. The Bertz CT molecular complexity index is 472. The highest BCUT2D eigenvalue weighted by Gasteiger charge is 2.39. The van der Waals surface area contributed by atoms with Crippen LogP contribution in [0.5, 0.6) is 5.75 Å². The predicted molar refractivity (Wildman–Crippen MR) is 88.7 cm³/mol. The Morgan fingerprint density at radius 2 is 2.14 bits per heavy atom. The normalized spacial score (nSPS) is 21.7. The Morgan fingerprint density at radius 3 is 2.76 bits per heavy atom. The van der Waals surface area contributed by atoms with Crippen molar-refractivity contribution in [3.63, 3.8) is 0 Å². The molecule has 0 saturated carbocycles. The molecule has 118 valence electrons. The Balaban J connectivity index is 2.36. The Labute approximate surface area is 129 Å². The lowest BCUT2D eigenvalue weighted by atomic mass is 9.75. The summed E-state index contributed by atoms with van der Waals surface area (Å²) in [5.74, 6) is 1.65. The Hall–Kier alpha value is -1.06. The van der Waals surface area contributed by atoms with Crippen molar-refractivity contribution in [3.8, 4) is 5.75 Å². The van der Waals surface area contributed by atoms with Gasteiger partial charge in [0.15, 0.2) is 0 Å². The largest absolute Gasteiger partial charge is 0.497 e. The molecular weight excluding hydrogens is 260 g/mol. The molecule has 0 bridgehead atoms. The maximum Gasteiger partial charge on any atom is 0.119 e. The van der Waals surface area contributed by atoms with Gasteiger partial charge in [-0.25, -0.2) is 0 Å². The number of ether oxygens (including phenoxy) is 1. The summed E-state index contributed by atoms with van der Waals surface area (Å²) in [6.07, 6.45) is 4.71. The maximum atomic E-state index is 6.27. The molecular formula is C18H30N2O. The van der Waals surface area contributed by atoms with Crippen molar-refractivity contribution >= 4 is 0 Å². The van der Waals surface area contributed by atoms with E-state index < -0.39 is 0 Å². The van der Waals surface area contributed by atoms with Gasteiger partial charge in [0.25, 0.3) is 0 Å². The van der Waals surface area contributed by atoms with Crippen molar-refractivity contribution in [2.45, 2.75) is 45.1 Å². The van der Waals surface area contributed by atoms with E-state index in [0.29, 0.717) is 6.54 Å². The molecule has 0 spiro atoms. The van der Waals surface area contributed by atoms with Crippen LogP contribution in [0.1, 0.15) is 44.2 Å². The average Bonchev–Trinajstić information content (AvgIpc) is 2.51. The number of rotatable bonds is 6. The zero-order valence-electron chi connectivity index (χ0n) is 14.0. The van der Waals surface area contributed by atoms with Crippen molar-refractivity contribution in [3.05, 3.63) is 29.3 Å². The number of likely N-dealkylation sites (N-methyl/N-ethyl adjacent to an activating group) is 1. The first kappa shape index (κ1) is 16.3. The molecule has 2 N–H and O–H groups in total. The summed E-state index contributed by atoms with van der Waals surface area (Å²) in [5, 5.41) is 0. The fourth-order valence-electron chi connectivity index (χ4n) is 3.47. The number of fused-ring (bicyclic) bond motifs is 1. The van der Waals surface area contributed by atoms with E-state index in [-0.39, 0.29) is 5.54 Å². The topological polar surface area (TPSA) is 38.5 Å². The fraction of sp³-hybridized carbons (Fsp3) is 0.667. The van der Waals surface area contributed by atoms with E-state index in [2.05, 4.69) is 44.0 Å². The van der Waals surface area contributed by atoms with Gasteiger partial charge in [-0.1, -0.05) is 19.9 Å². The zero-order valence-corrected chi connectivity index (χ0v) is 14.0. The van der Waals surface area contributed by atoms with E-state index in [9.17, 15) is 0 Å². The molecule has 1 aliphatic carbocycles. The Morgan fingerprint density at radius 1 is 1.38 bits per heavy atom. The second-order valence-electron chi connectivity index (χ2n) is 6.72. The molecule has 1 aromatic rings. The van der Waals surface area contributed by atoms with Gasteiger partial charge < -0.3 is 10.5 Å². The van der Waals surface area contributed by atoms with Gasteiger partial charge in [-0.05, 0) is 68.5 Å². The van der Waals surface area contributed by atoms with Crippen molar-refractivity contribution in [1.82, 2.24) is 4.90 Å². The lowest BCUT2D eigenvalue weighted by Crippen LogP contribution is -2.51. The van der Waals surface area contributed by atoms with Gasteiger partial charge in [0.1, 0.15) is 5.75 Å². The van der Waals surface area contributed by atoms with E-state index in [1.165, 1.54) is 24.0 Å². The van der Waals surface area contributed by atoms with Gasteiger partial charge in [0.05, 0.1) is 12.6 Å². The molecule has 3 heteroatoms. The highest BCUT2D eigenvalue weighted by Crippen LogP contribution is 2.40. The molecule has 3 nitrogen and oxygen atoms in total. The Kier molecular flexibility index (Phi) is 5.28. The lowest BCUT2D eigenvalue weighted by molar-refractivity contribution is 0.0979. The summed E-state index contributed by atoms with van der Waals surface area (Å²) in [6, 6.07) is 6.49. The average molecular weight is 290 g/mol. The molecule has 0 aliphatic heterocycles. The number of hydrogen-bond acceptors (Lipinski definition) is 3. The molecule has 0 aromatic heterocycles. The molecule has 2 rings (SSSR count). The number of nitrogens with two attached hydrogens (primary N) is 1. The van der Waals surface area contributed by atoms with Gasteiger partial charge in [0, 0.05) is 6.54 Å². The van der Waals surface area contributed by atoms with Crippen LogP contribution in [-0.4, -0.2) is 32.1 Å². The van der Waals surface area contributed by atoms with Crippen LogP contribution < -0.4 is 10.5 Å². The van der Waals surface area contributed by atoms with Gasteiger partial charge >= 0.3 is 0 Å². The van der Waals surface area contributed by atoms with Crippen molar-refractivity contribution < 1.29 is 4.74 Å². The smallest absolute Gasteiger partial charge is 0.119 e. The minimum Gasteiger partial charge on any atom is -0.497 e. The van der Waals surface area contributed by atoms with Crippen LogP contribution in [0.25, 0.3) is 0 Å². The zero-order chi connectivity index (χ0) is 15.5. The van der Waals surface area contributed by atoms with Crippen LogP contribution in [0.4, 0.5) is 0 Å². The van der Waals surface area contributed by atoms with E-state index in [4.69, 9.17) is 10.5 Å². The highest BCUT2D eigenvalue weighted by molar-refractivity contribution is 5.42. The SMILES string of the molecule is COc1ccc2c(c1)C(CN)(N(C)CCC(C)C)CCC2. The van der Waals surface area contributed by atoms with Crippen LogP contribution in [0.2, 0.25) is 0 Å². The van der Waals surface area contributed by atoms with Gasteiger partial charge in [-0.2, -0.15) is 0 Å². The van der Waals surface area contributed by atoms with E-state index in [1.807, 2.05) is 0 Å².